The van der Waals surface area contributed by atoms with Crippen molar-refractivity contribution in [2.24, 2.45) is 0 Å². The van der Waals surface area contributed by atoms with Crippen LogP contribution < -0.4 is 5.32 Å². The zero-order valence-electron chi connectivity index (χ0n) is 10.3. The Morgan fingerprint density at radius 2 is 2.28 bits per heavy atom. The van der Waals surface area contributed by atoms with E-state index in [-0.39, 0.29) is 5.91 Å². The van der Waals surface area contributed by atoms with Crippen LogP contribution in [0.15, 0.2) is 6.20 Å². The second kappa shape index (κ2) is 7.41. The number of aliphatic carboxylic acids is 1. The van der Waals surface area contributed by atoms with Crippen LogP contribution in [0.25, 0.3) is 0 Å². The van der Waals surface area contributed by atoms with Gasteiger partial charge in [0.15, 0.2) is 0 Å². The first-order valence-corrected chi connectivity index (χ1v) is 6.00. The van der Waals surface area contributed by atoms with E-state index in [1.54, 1.807) is 6.92 Å². The Balaban J connectivity index is 2.27. The van der Waals surface area contributed by atoms with Gasteiger partial charge in [-0.2, -0.15) is 15.4 Å². The Morgan fingerprint density at radius 1 is 1.50 bits per heavy atom. The molecule has 7 nitrogen and oxygen atoms in total. The van der Waals surface area contributed by atoms with Crippen LogP contribution in [0.4, 0.5) is 0 Å². The summed E-state index contributed by atoms with van der Waals surface area (Å²) >= 11 is 0. The van der Waals surface area contributed by atoms with E-state index in [9.17, 15) is 9.59 Å². The molecule has 0 radical (unpaired) electrons. The average Bonchev–Trinajstić information content (AvgIpc) is 2.86. The smallest absolute Gasteiger partial charge is 0.312 e. The molecule has 0 spiro atoms. The fraction of sp³-hybridized carbons (Fsp3) is 0.636. The summed E-state index contributed by atoms with van der Waals surface area (Å²) in [6, 6.07) is 0. The molecule has 1 atom stereocenters. The first-order valence-electron chi connectivity index (χ1n) is 6.00. The van der Waals surface area contributed by atoms with Crippen LogP contribution in [-0.4, -0.2) is 38.9 Å². The lowest BCUT2D eigenvalue weighted by molar-refractivity contribution is -0.139. The van der Waals surface area contributed by atoms with E-state index in [4.69, 9.17) is 5.11 Å². The first kappa shape index (κ1) is 14.1. The zero-order valence-corrected chi connectivity index (χ0v) is 10.3. The maximum absolute atomic E-state index is 11.1. The number of amides is 1. The second-order valence-corrected chi connectivity index (χ2v) is 3.98. The summed E-state index contributed by atoms with van der Waals surface area (Å²) in [5, 5.41) is 21.6. The third-order valence-corrected chi connectivity index (χ3v) is 2.65. The molecule has 1 heterocycles. The first-order chi connectivity index (χ1) is 8.65. The molecule has 3 N–H and O–H groups in total. The number of carbonyl (C=O) groups is 2. The number of carboxylic acids is 1. The van der Waals surface area contributed by atoms with E-state index in [1.807, 2.05) is 0 Å². The van der Waals surface area contributed by atoms with E-state index in [1.165, 1.54) is 6.20 Å². The molecule has 0 bridgehead atoms. The molecule has 1 rings (SSSR count). The van der Waals surface area contributed by atoms with Crippen molar-refractivity contribution in [3.05, 3.63) is 11.9 Å². The summed E-state index contributed by atoms with van der Waals surface area (Å²) in [6.07, 6.45) is 3.86. The van der Waals surface area contributed by atoms with Gasteiger partial charge in [-0.15, -0.1) is 0 Å². The van der Waals surface area contributed by atoms with Crippen molar-refractivity contribution in [3.63, 3.8) is 0 Å². The molecule has 1 aromatic heterocycles. The molecule has 0 aliphatic heterocycles. The second-order valence-electron chi connectivity index (χ2n) is 3.98. The Labute approximate surface area is 105 Å². The van der Waals surface area contributed by atoms with Crippen molar-refractivity contribution in [1.29, 1.82) is 0 Å². The predicted molar refractivity (Wildman–Crippen MR) is 63.9 cm³/mol. The van der Waals surface area contributed by atoms with Crippen LogP contribution in [0.2, 0.25) is 0 Å². The van der Waals surface area contributed by atoms with Gasteiger partial charge in [0.1, 0.15) is 5.92 Å². The Morgan fingerprint density at radius 3 is 2.83 bits per heavy atom. The molecule has 100 valence electrons. The topological polar surface area (TPSA) is 108 Å². The minimum Gasteiger partial charge on any atom is -0.481 e. The van der Waals surface area contributed by atoms with Gasteiger partial charge >= 0.3 is 5.97 Å². The predicted octanol–water partition coefficient (Wildman–Crippen LogP) is 0.669. The van der Waals surface area contributed by atoms with E-state index < -0.39 is 11.9 Å². The number of hydrogen-bond acceptors (Lipinski definition) is 4. The summed E-state index contributed by atoms with van der Waals surface area (Å²) in [4.78, 5) is 22.0. The highest BCUT2D eigenvalue weighted by Crippen LogP contribution is 2.19. The largest absolute Gasteiger partial charge is 0.481 e. The molecule has 0 aliphatic rings. The van der Waals surface area contributed by atoms with Gasteiger partial charge in [0, 0.05) is 13.0 Å². The van der Waals surface area contributed by atoms with Crippen molar-refractivity contribution in [2.75, 3.05) is 6.54 Å². The number of carbonyl (C=O) groups excluding carboxylic acids is 1. The van der Waals surface area contributed by atoms with Gasteiger partial charge in [0.25, 0.3) is 0 Å². The lowest BCUT2D eigenvalue weighted by atomic mass is 9.99. The van der Waals surface area contributed by atoms with Gasteiger partial charge in [0.05, 0.1) is 11.9 Å². The molecule has 0 saturated carbocycles. The van der Waals surface area contributed by atoms with Gasteiger partial charge in [0.2, 0.25) is 5.91 Å². The van der Waals surface area contributed by atoms with E-state index in [0.29, 0.717) is 31.5 Å². The lowest BCUT2D eigenvalue weighted by Gasteiger charge is -2.09. The van der Waals surface area contributed by atoms with Crippen LogP contribution in [0.1, 0.15) is 44.2 Å². The number of nitrogens with one attached hydrogen (secondary N) is 2. The van der Waals surface area contributed by atoms with Crippen LogP contribution in [0.3, 0.4) is 0 Å². The molecule has 1 aromatic rings. The lowest BCUT2D eigenvalue weighted by Crippen LogP contribution is -2.23. The SMILES string of the molecule is CCC(=O)NCCCCC(C(=O)O)c1cn[nH]n1. The van der Waals surface area contributed by atoms with Crippen LogP contribution >= 0.6 is 0 Å². The van der Waals surface area contributed by atoms with Crippen molar-refractivity contribution < 1.29 is 14.7 Å². The van der Waals surface area contributed by atoms with Gasteiger partial charge in [-0.25, -0.2) is 0 Å². The van der Waals surface area contributed by atoms with Crippen LogP contribution in [-0.2, 0) is 9.59 Å². The minimum atomic E-state index is -0.901. The summed E-state index contributed by atoms with van der Waals surface area (Å²) in [5.74, 6) is -1.52. The van der Waals surface area contributed by atoms with Gasteiger partial charge in [-0.3, -0.25) is 9.59 Å². The highest BCUT2D eigenvalue weighted by Gasteiger charge is 2.21. The van der Waals surface area contributed by atoms with E-state index in [2.05, 4.69) is 20.7 Å². The molecule has 0 saturated heterocycles. The minimum absolute atomic E-state index is 0.0151. The highest BCUT2D eigenvalue weighted by molar-refractivity contribution is 5.75. The van der Waals surface area contributed by atoms with Gasteiger partial charge in [-0.05, 0) is 12.8 Å². The standard InChI is InChI=1S/C11H18N4O3/c1-2-10(16)12-6-4-3-5-8(11(17)18)9-7-13-15-14-9/h7-8H,2-6H2,1H3,(H,12,16)(H,17,18)(H,13,14,15). The van der Waals surface area contributed by atoms with Crippen molar-refractivity contribution in [3.8, 4) is 0 Å². The van der Waals surface area contributed by atoms with Gasteiger partial charge < -0.3 is 10.4 Å². The Kier molecular flexibility index (Phi) is 5.83. The maximum Gasteiger partial charge on any atom is 0.312 e. The maximum atomic E-state index is 11.1. The van der Waals surface area contributed by atoms with Crippen LogP contribution in [0, 0.1) is 0 Å². The Hall–Kier alpha value is -1.92. The third kappa shape index (κ3) is 4.52. The Bertz CT molecular complexity index is 378. The van der Waals surface area contributed by atoms with E-state index in [0.717, 1.165) is 6.42 Å². The molecule has 0 aromatic carbocycles. The number of nitrogens with zero attached hydrogens (tertiary/aromatic N) is 2. The number of hydrogen-bond donors (Lipinski definition) is 3. The molecule has 0 fully saturated rings. The molecule has 7 heteroatoms. The quantitative estimate of drug-likeness (QED) is 0.591. The number of carboxylic acid groups (broad SMARTS) is 1. The fourth-order valence-electron chi connectivity index (χ4n) is 1.60. The molecular weight excluding hydrogens is 236 g/mol. The number of unbranched alkanes of at least 4 members (excludes halogenated alkanes) is 1. The summed E-state index contributed by atoms with van der Waals surface area (Å²) in [7, 11) is 0. The monoisotopic (exact) mass is 254 g/mol. The number of rotatable bonds is 8. The zero-order chi connectivity index (χ0) is 13.4. The van der Waals surface area contributed by atoms with E-state index >= 15 is 0 Å². The molecule has 18 heavy (non-hydrogen) atoms. The highest BCUT2D eigenvalue weighted by atomic mass is 16.4. The molecular formula is C11H18N4O3. The van der Waals surface area contributed by atoms with Crippen molar-refractivity contribution >= 4 is 11.9 Å². The molecule has 1 unspecified atom stereocenters. The molecule has 0 aliphatic carbocycles. The number of H-pyrrole nitrogens is 1. The number of aromatic amines is 1. The van der Waals surface area contributed by atoms with Gasteiger partial charge in [-0.1, -0.05) is 13.3 Å². The van der Waals surface area contributed by atoms with Crippen molar-refractivity contribution in [2.45, 2.75) is 38.5 Å². The summed E-state index contributed by atoms with van der Waals surface area (Å²) in [5.41, 5.74) is 0.445. The normalized spacial score (nSPS) is 12.1. The number of aromatic nitrogens is 3. The van der Waals surface area contributed by atoms with Crippen LogP contribution in [0.5, 0.6) is 0 Å². The summed E-state index contributed by atoms with van der Waals surface area (Å²) in [6.45, 7) is 2.37. The third-order valence-electron chi connectivity index (χ3n) is 2.65. The average molecular weight is 254 g/mol. The molecule has 1 amide bonds. The fourth-order valence-corrected chi connectivity index (χ4v) is 1.60. The van der Waals surface area contributed by atoms with Crippen molar-refractivity contribution in [1.82, 2.24) is 20.7 Å². The summed E-state index contributed by atoms with van der Waals surface area (Å²) < 4.78 is 0.